The first kappa shape index (κ1) is 12.8. The Hall–Kier alpha value is -0.226. The summed E-state index contributed by atoms with van der Waals surface area (Å²) in [4.78, 5) is 0. The maximum absolute atomic E-state index is 2.42. The van der Waals surface area contributed by atoms with Crippen molar-refractivity contribution in [1.29, 1.82) is 0 Å². The Kier molecular flexibility index (Phi) is 4.92. The van der Waals surface area contributed by atoms with Crippen molar-refractivity contribution in [2.75, 3.05) is 0 Å². The molecule has 1 aromatic carbocycles. The summed E-state index contributed by atoms with van der Waals surface area (Å²) in [6.45, 7) is 4.68. The van der Waals surface area contributed by atoms with Crippen molar-refractivity contribution in [2.45, 2.75) is 31.5 Å². The summed E-state index contributed by atoms with van der Waals surface area (Å²) in [6, 6.07) is 11.6. The van der Waals surface area contributed by atoms with Crippen molar-refractivity contribution < 1.29 is 18.9 Å². The molecule has 0 aromatic heterocycles. The molecule has 0 nitrogen and oxygen atoms in total. The molecule has 1 aromatic rings. The first-order valence-corrected chi connectivity index (χ1v) is 7.47. The Morgan fingerprint density at radius 1 is 1.13 bits per heavy atom. The maximum Gasteiger partial charge on any atom is 1.00 e. The van der Waals surface area contributed by atoms with Gasteiger partial charge in [0.2, 0.25) is 0 Å². The van der Waals surface area contributed by atoms with Crippen LogP contribution >= 0.6 is 0 Å². The molecule has 0 saturated carbocycles. The van der Waals surface area contributed by atoms with E-state index < -0.39 is 0 Å². The zero-order chi connectivity index (χ0) is 9.97. The predicted molar refractivity (Wildman–Crippen MR) is 64.9 cm³/mol. The molecule has 0 bridgehead atoms. The number of hydrogen-bond donors (Lipinski definition) is 0. The normalized spacial score (nSPS) is 17.7. The third kappa shape index (κ3) is 2.48. The van der Waals surface area contributed by atoms with Gasteiger partial charge in [0.25, 0.3) is 0 Å². The molecule has 2 heteroatoms. The molecule has 2 rings (SSSR count). The molecule has 1 aliphatic rings. The first-order valence-electron chi connectivity index (χ1n) is 5.48. The molecule has 1 radical (unpaired) electrons. The third-order valence-corrected chi connectivity index (χ3v) is 6.35. The Labute approximate surface area is 107 Å². The van der Waals surface area contributed by atoms with Crippen LogP contribution in [0.3, 0.4) is 0 Å². The van der Waals surface area contributed by atoms with E-state index in [-0.39, 0.29) is 27.7 Å². The first-order chi connectivity index (χ1) is 6.86. The Morgan fingerprint density at radius 2 is 1.80 bits per heavy atom. The van der Waals surface area contributed by atoms with Crippen LogP contribution in [-0.2, 0) is 0 Å². The van der Waals surface area contributed by atoms with Gasteiger partial charge in [-0.25, -0.2) is 0 Å². The van der Waals surface area contributed by atoms with Crippen molar-refractivity contribution in [3.05, 3.63) is 41.5 Å². The maximum atomic E-state index is 2.42. The van der Waals surface area contributed by atoms with Crippen LogP contribution in [0.4, 0.5) is 0 Å². The van der Waals surface area contributed by atoms with E-state index in [2.05, 4.69) is 50.3 Å². The quantitative estimate of drug-likeness (QED) is 0.647. The molecule has 0 aliphatic heterocycles. The summed E-state index contributed by atoms with van der Waals surface area (Å²) in [5.41, 5.74) is 3.79. The third-order valence-electron chi connectivity index (χ3n) is 3.15. The summed E-state index contributed by atoms with van der Waals surface area (Å²) in [7, 11) is -0.200. The molecule has 0 fully saturated rings. The van der Waals surface area contributed by atoms with Gasteiger partial charge >= 0.3 is 18.9 Å². The van der Waals surface area contributed by atoms with Crippen LogP contribution < -0.4 is 18.9 Å². The van der Waals surface area contributed by atoms with Crippen LogP contribution in [-0.4, -0.2) is 8.80 Å². The average molecular weight is 208 g/mol. The molecule has 15 heavy (non-hydrogen) atoms. The standard InChI is InChI=1S/C13H17Si.Li/c1-3-14(4-2)13-10-9-11-7-5-6-8-12(11)13;/h5-10,13H,3-4H2,1-2H3;/q;+1. The molecule has 0 heterocycles. The molecule has 73 valence electrons. The van der Waals surface area contributed by atoms with Gasteiger partial charge in [0, 0.05) is 0 Å². The summed E-state index contributed by atoms with van der Waals surface area (Å²) < 4.78 is 0. The number of allylic oxidation sites excluding steroid dienone is 1. The van der Waals surface area contributed by atoms with Gasteiger partial charge < -0.3 is 0 Å². The van der Waals surface area contributed by atoms with Gasteiger partial charge in [-0.3, -0.25) is 0 Å². The van der Waals surface area contributed by atoms with Gasteiger partial charge in [-0.1, -0.05) is 62.4 Å². The fourth-order valence-electron chi connectivity index (χ4n) is 2.30. The van der Waals surface area contributed by atoms with Crippen LogP contribution in [0.15, 0.2) is 30.3 Å². The van der Waals surface area contributed by atoms with Crippen molar-refractivity contribution in [2.24, 2.45) is 0 Å². The Morgan fingerprint density at radius 3 is 2.47 bits per heavy atom. The van der Waals surface area contributed by atoms with E-state index in [1.807, 2.05) is 0 Å². The van der Waals surface area contributed by atoms with E-state index in [4.69, 9.17) is 0 Å². The van der Waals surface area contributed by atoms with E-state index in [9.17, 15) is 0 Å². The van der Waals surface area contributed by atoms with Crippen molar-refractivity contribution in [3.8, 4) is 0 Å². The summed E-state index contributed by atoms with van der Waals surface area (Å²) in [5.74, 6) is 0. The van der Waals surface area contributed by atoms with E-state index in [0.29, 0.717) is 0 Å². The van der Waals surface area contributed by atoms with Crippen LogP contribution in [0.5, 0.6) is 0 Å². The molecule has 0 saturated heterocycles. The second-order valence-electron chi connectivity index (χ2n) is 3.83. The molecule has 0 spiro atoms. The second-order valence-corrected chi connectivity index (χ2v) is 7.18. The minimum atomic E-state index is -0.200. The molecular formula is C13H17LiSi+. The fraction of sp³-hybridized carbons (Fsp3) is 0.385. The summed E-state index contributed by atoms with van der Waals surface area (Å²) >= 11 is 0. The van der Waals surface area contributed by atoms with E-state index in [1.54, 1.807) is 5.56 Å². The topological polar surface area (TPSA) is 0 Å². The van der Waals surface area contributed by atoms with E-state index in [0.717, 1.165) is 5.54 Å². The van der Waals surface area contributed by atoms with Crippen LogP contribution in [0, 0.1) is 0 Å². The van der Waals surface area contributed by atoms with Crippen LogP contribution in [0.2, 0.25) is 12.1 Å². The van der Waals surface area contributed by atoms with Crippen molar-refractivity contribution >= 4 is 14.9 Å². The van der Waals surface area contributed by atoms with Crippen LogP contribution in [0.1, 0.15) is 30.5 Å². The summed E-state index contributed by atoms with van der Waals surface area (Å²) in [5, 5.41) is 0. The molecule has 1 aliphatic carbocycles. The fourth-order valence-corrected chi connectivity index (χ4v) is 4.75. The number of fused-ring (bicyclic) bond motifs is 1. The zero-order valence-electron chi connectivity index (χ0n) is 9.96. The molecule has 1 unspecified atom stereocenters. The largest absolute Gasteiger partial charge is 1.00 e. The smallest absolute Gasteiger partial charge is 0.0794 e. The van der Waals surface area contributed by atoms with E-state index in [1.165, 1.54) is 17.7 Å². The summed E-state index contributed by atoms with van der Waals surface area (Å²) in [6.07, 6.45) is 4.72. The number of rotatable bonds is 3. The minimum Gasteiger partial charge on any atom is -0.0794 e. The number of hydrogen-bond acceptors (Lipinski definition) is 0. The SMILES string of the molecule is CC[Si](CC)C1C=Cc2ccccc21.[Li+]. The van der Waals surface area contributed by atoms with Crippen molar-refractivity contribution in [1.82, 2.24) is 0 Å². The molecule has 0 amide bonds. The zero-order valence-corrected chi connectivity index (χ0v) is 11.0. The molecule has 1 atom stereocenters. The van der Waals surface area contributed by atoms with Gasteiger partial charge in [-0.15, -0.1) is 0 Å². The Balaban J connectivity index is 0.00000112. The molecular weight excluding hydrogens is 191 g/mol. The second kappa shape index (κ2) is 5.75. The predicted octanol–water partition coefficient (Wildman–Crippen LogP) is 0.875. The van der Waals surface area contributed by atoms with Gasteiger partial charge in [-0.2, -0.15) is 0 Å². The minimum absolute atomic E-state index is 0. The van der Waals surface area contributed by atoms with Crippen LogP contribution in [0.25, 0.3) is 6.08 Å². The monoisotopic (exact) mass is 208 g/mol. The van der Waals surface area contributed by atoms with E-state index >= 15 is 0 Å². The van der Waals surface area contributed by atoms with Gasteiger partial charge in [-0.05, 0) is 16.7 Å². The van der Waals surface area contributed by atoms with Gasteiger partial charge in [0.05, 0.1) is 8.80 Å². The van der Waals surface area contributed by atoms with Gasteiger partial charge in [0.1, 0.15) is 0 Å². The average Bonchev–Trinajstić information content (AvgIpc) is 2.65. The van der Waals surface area contributed by atoms with Gasteiger partial charge in [0.15, 0.2) is 0 Å². The van der Waals surface area contributed by atoms with Crippen molar-refractivity contribution in [3.63, 3.8) is 0 Å². The Bertz CT molecular complexity index is 342. The molecule has 0 N–H and O–H groups in total. The number of benzene rings is 1.